The Morgan fingerprint density at radius 3 is 2.83 bits per heavy atom. The number of esters is 1. The minimum Gasteiger partial charge on any atom is -0.465 e. The van der Waals surface area contributed by atoms with E-state index in [1.807, 2.05) is 29.5 Å². The van der Waals surface area contributed by atoms with Crippen molar-refractivity contribution in [3.8, 4) is 10.6 Å². The maximum atomic E-state index is 11.6. The topological polar surface area (TPSA) is 62.7 Å². The highest BCUT2D eigenvalue weighted by Crippen LogP contribution is 2.25. The zero-order chi connectivity index (χ0) is 17.0. The van der Waals surface area contributed by atoms with E-state index in [-0.39, 0.29) is 5.97 Å². The Morgan fingerprint density at radius 2 is 2.17 bits per heavy atom. The van der Waals surface area contributed by atoms with Crippen LogP contribution in [0.2, 0.25) is 0 Å². The quantitative estimate of drug-likeness (QED) is 0.823. The molecule has 1 aromatic heterocycles. The summed E-state index contributed by atoms with van der Waals surface area (Å²) >= 11 is 1.54. The number of rotatable bonds is 6. The predicted molar refractivity (Wildman–Crippen MR) is 91.5 cm³/mol. The Balaban J connectivity index is 2.12. The summed E-state index contributed by atoms with van der Waals surface area (Å²) in [5.74, 6) is -0.353. The highest BCUT2D eigenvalue weighted by atomic mass is 32.1. The average molecular weight is 334 g/mol. The first-order valence-electron chi connectivity index (χ1n) is 7.32. The van der Waals surface area contributed by atoms with Gasteiger partial charge in [0.05, 0.1) is 24.0 Å². The van der Waals surface area contributed by atoms with Crippen molar-refractivity contribution in [2.24, 2.45) is 0 Å². The average Bonchev–Trinajstić information content (AvgIpc) is 2.93. The molecule has 0 fully saturated rings. The van der Waals surface area contributed by atoms with Gasteiger partial charge >= 0.3 is 5.97 Å². The van der Waals surface area contributed by atoms with Gasteiger partial charge in [0.2, 0.25) is 0 Å². The van der Waals surface area contributed by atoms with E-state index < -0.39 is 5.60 Å². The second-order valence-electron chi connectivity index (χ2n) is 6.20. The number of likely N-dealkylation sites (N-methyl/N-ethyl adjacent to an activating group) is 1. The van der Waals surface area contributed by atoms with E-state index in [9.17, 15) is 9.90 Å². The molecule has 124 valence electrons. The van der Waals surface area contributed by atoms with Crippen molar-refractivity contribution in [2.45, 2.75) is 26.0 Å². The normalized spacial score (nSPS) is 11.7. The molecule has 0 aliphatic carbocycles. The van der Waals surface area contributed by atoms with Crippen molar-refractivity contribution in [3.63, 3.8) is 0 Å². The lowest BCUT2D eigenvalue weighted by Crippen LogP contribution is -2.35. The third-order valence-electron chi connectivity index (χ3n) is 3.17. The van der Waals surface area contributed by atoms with E-state index in [1.165, 1.54) is 18.4 Å². The van der Waals surface area contributed by atoms with E-state index >= 15 is 0 Å². The Kier molecular flexibility index (Phi) is 5.51. The minimum absolute atomic E-state index is 0.353. The third kappa shape index (κ3) is 5.13. The number of carbonyl (C=O) groups excluding carboxylic acids is 1. The fourth-order valence-corrected chi connectivity index (χ4v) is 3.21. The number of benzene rings is 1. The monoisotopic (exact) mass is 334 g/mol. The number of thiazole rings is 1. The number of hydrogen-bond acceptors (Lipinski definition) is 6. The molecule has 1 heterocycles. The van der Waals surface area contributed by atoms with Crippen LogP contribution in [0.3, 0.4) is 0 Å². The fourth-order valence-electron chi connectivity index (χ4n) is 2.40. The second-order valence-corrected chi connectivity index (χ2v) is 7.06. The molecule has 0 amide bonds. The lowest BCUT2D eigenvalue weighted by molar-refractivity contribution is 0.0422. The summed E-state index contributed by atoms with van der Waals surface area (Å²) in [6, 6.07) is 7.26. The number of methoxy groups -OCH3 is 1. The van der Waals surface area contributed by atoms with Crippen LogP contribution in [-0.4, -0.2) is 47.3 Å². The third-order valence-corrected chi connectivity index (χ3v) is 4.11. The lowest BCUT2D eigenvalue weighted by Gasteiger charge is -2.24. The number of hydrogen-bond donors (Lipinski definition) is 1. The molecular weight excluding hydrogens is 312 g/mol. The SMILES string of the molecule is COC(=O)c1cccc(-c2nc(CN(C)CC(C)(C)O)cs2)c1. The van der Waals surface area contributed by atoms with Gasteiger partial charge in [-0.25, -0.2) is 9.78 Å². The van der Waals surface area contributed by atoms with Crippen molar-refractivity contribution in [2.75, 3.05) is 20.7 Å². The Bertz CT molecular complexity index is 676. The molecule has 0 spiro atoms. The van der Waals surface area contributed by atoms with Gasteiger partial charge < -0.3 is 9.84 Å². The molecule has 0 saturated heterocycles. The highest BCUT2D eigenvalue weighted by molar-refractivity contribution is 7.13. The number of aliphatic hydroxyl groups is 1. The van der Waals surface area contributed by atoms with Gasteiger partial charge in [0.25, 0.3) is 0 Å². The van der Waals surface area contributed by atoms with Crippen molar-refractivity contribution in [1.29, 1.82) is 0 Å². The Morgan fingerprint density at radius 1 is 1.43 bits per heavy atom. The van der Waals surface area contributed by atoms with Gasteiger partial charge in [0, 0.05) is 24.0 Å². The molecule has 0 atom stereocenters. The molecule has 0 aliphatic rings. The van der Waals surface area contributed by atoms with Crippen molar-refractivity contribution in [3.05, 3.63) is 40.9 Å². The van der Waals surface area contributed by atoms with Crippen LogP contribution in [0.1, 0.15) is 29.9 Å². The molecular formula is C17H22N2O3S. The molecule has 23 heavy (non-hydrogen) atoms. The summed E-state index contributed by atoms with van der Waals surface area (Å²) in [4.78, 5) is 18.3. The van der Waals surface area contributed by atoms with Gasteiger partial charge in [0.1, 0.15) is 5.01 Å². The summed E-state index contributed by atoms with van der Waals surface area (Å²) in [7, 11) is 3.32. The van der Waals surface area contributed by atoms with Crippen LogP contribution in [0, 0.1) is 0 Å². The summed E-state index contributed by atoms with van der Waals surface area (Å²) in [5, 5.41) is 12.7. The largest absolute Gasteiger partial charge is 0.465 e. The second kappa shape index (κ2) is 7.21. The molecule has 5 nitrogen and oxygen atoms in total. The molecule has 1 N–H and O–H groups in total. The molecule has 6 heteroatoms. The first kappa shape index (κ1) is 17.6. The molecule has 0 unspecified atom stereocenters. The zero-order valence-corrected chi connectivity index (χ0v) is 14.7. The number of carbonyl (C=O) groups is 1. The maximum absolute atomic E-state index is 11.6. The molecule has 0 radical (unpaired) electrons. The number of aromatic nitrogens is 1. The highest BCUT2D eigenvalue weighted by Gasteiger charge is 2.17. The zero-order valence-electron chi connectivity index (χ0n) is 13.9. The van der Waals surface area contributed by atoms with Gasteiger partial charge in [0.15, 0.2) is 0 Å². The van der Waals surface area contributed by atoms with Gasteiger partial charge in [-0.2, -0.15) is 0 Å². The van der Waals surface area contributed by atoms with E-state index in [0.29, 0.717) is 18.7 Å². The van der Waals surface area contributed by atoms with E-state index in [0.717, 1.165) is 16.3 Å². The molecule has 2 aromatic rings. The molecule has 0 saturated carbocycles. The summed E-state index contributed by atoms with van der Waals surface area (Å²) in [6.07, 6.45) is 0. The van der Waals surface area contributed by atoms with Gasteiger partial charge in [-0.15, -0.1) is 11.3 Å². The van der Waals surface area contributed by atoms with Crippen molar-refractivity contribution >= 4 is 17.3 Å². The lowest BCUT2D eigenvalue weighted by atomic mass is 10.1. The summed E-state index contributed by atoms with van der Waals surface area (Å²) < 4.78 is 4.75. The van der Waals surface area contributed by atoms with Crippen LogP contribution in [0.5, 0.6) is 0 Å². The van der Waals surface area contributed by atoms with Crippen LogP contribution in [-0.2, 0) is 11.3 Å². The van der Waals surface area contributed by atoms with Crippen LogP contribution < -0.4 is 0 Å². The smallest absolute Gasteiger partial charge is 0.337 e. The Hall–Kier alpha value is -1.76. The van der Waals surface area contributed by atoms with E-state index in [1.54, 1.807) is 26.0 Å². The standard InChI is InChI=1S/C17H22N2O3S/c1-17(2,21)11-19(3)9-14-10-23-15(18-14)12-6-5-7-13(8-12)16(20)22-4/h5-8,10,21H,9,11H2,1-4H3. The van der Waals surface area contributed by atoms with Crippen LogP contribution in [0.4, 0.5) is 0 Å². The summed E-state index contributed by atoms with van der Waals surface area (Å²) in [5.41, 5.74) is 1.62. The maximum Gasteiger partial charge on any atom is 0.337 e. The van der Waals surface area contributed by atoms with E-state index in [2.05, 4.69) is 4.98 Å². The molecule has 0 bridgehead atoms. The molecule has 0 aliphatic heterocycles. The first-order valence-corrected chi connectivity index (χ1v) is 8.20. The fraction of sp³-hybridized carbons (Fsp3) is 0.412. The van der Waals surface area contributed by atoms with Crippen LogP contribution >= 0.6 is 11.3 Å². The molecule has 2 rings (SSSR count). The van der Waals surface area contributed by atoms with Crippen molar-refractivity contribution in [1.82, 2.24) is 9.88 Å². The number of nitrogens with zero attached hydrogens (tertiary/aromatic N) is 2. The van der Waals surface area contributed by atoms with Gasteiger partial charge in [-0.05, 0) is 33.0 Å². The Labute approximate surface area is 140 Å². The van der Waals surface area contributed by atoms with Gasteiger partial charge in [-0.3, -0.25) is 4.90 Å². The number of ether oxygens (including phenoxy) is 1. The van der Waals surface area contributed by atoms with Crippen LogP contribution in [0.15, 0.2) is 29.6 Å². The molecule has 1 aromatic carbocycles. The minimum atomic E-state index is -0.734. The summed E-state index contributed by atoms with van der Waals surface area (Å²) in [6.45, 7) is 4.80. The van der Waals surface area contributed by atoms with E-state index in [4.69, 9.17) is 4.74 Å². The van der Waals surface area contributed by atoms with Gasteiger partial charge in [-0.1, -0.05) is 12.1 Å². The first-order chi connectivity index (χ1) is 10.8. The van der Waals surface area contributed by atoms with Crippen molar-refractivity contribution < 1.29 is 14.6 Å². The predicted octanol–water partition coefficient (Wildman–Crippen LogP) is 2.80. The van der Waals surface area contributed by atoms with Crippen LogP contribution in [0.25, 0.3) is 10.6 Å².